The van der Waals surface area contributed by atoms with Crippen LogP contribution < -0.4 is 4.74 Å². The van der Waals surface area contributed by atoms with Gasteiger partial charge in [-0.15, -0.1) is 6.58 Å². The lowest BCUT2D eigenvalue weighted by Crippen LogP contribution is -2.28. The molecule has 16 heavy (non-hydrogen) atoms. The second-order valence-corrected chi connectivity index (χ2v) is 4.45. The van der Waals surface area contributed by atoms with Crippen LogP contribution in [0.2, 0.25) is 5.02 Å². The molecule has 0 saturated carbocycles. The molecular formula is C13H17ClO2. The monoisotopic (exact) mass is 240 g/mol. The molecule has 0 aromatic heterocycles. The van der Waals surface area contributed by atoms with Crippen LogP contribution >= 0.6 is 11.6 Å². The first-order chi connectivity index (χ1) is 7.49. The Morgan fingerprint density at radius 2 is 2.25 bits per heavy atom. The van der Waals surface area contributed by atoms with Crippen molar-refractivity contribution < 1.29 is 9.84 Å². The molecule has 1 aromatic rings. The van der Waals surface area contributed by atoms with Crippen molar-refractivity contribution in [3.63, 3.8) is 0 Å². The van der Waals surface area contributed by atoms with E-state index in [-0.39, 0.29) is 6.10 Å². The quantitative estimate of drug-likeness (QED) is 0.799. The lowest BCUT2D eigenvalue weighted by molar-refractivity contribution is 0.0480. The molecule has 0 saturated heterocycles. The summed E-state index contributed by atoms with van der Waals surface area (Å²) in [5, 5.41) is 10.4. The first-order valence-corrected chi connectivity index (χ1v) is 5.61. The molecule has 1 rings (SSSR count). The zero-order valence-electron chi connectivity index (χ0n) is 9.61. The maximum Gasteiger partial charge on any atom is 0.122 e. The van der Waals surface area contributed by atoms with E-state index >= 15 is 0 Å². The normalized spacial score (nSPS) is 14.2. The maximum absolute atomic E-state index is 9.80. The Labute approximate surface area is 102 Å². The van der Waals surface area contributed by atoms with Crippen LogP contribution in [-0.4, -0.2) is 17.3 Å². The summed E-state index contributed by atoms with van der Waals surface area (Å²) in [6, 6.07) is 7.14. The summed E-state index contributed by atoms with van der Waals surface area (Å²) < 4.78 is 5.58. The molecule has 2 unspecified atom stereocenters. The van der Waals surface area contributed by atoms with Crippen molar-refractivity contribution in [1.29, 1.82) is 0 Å². The van der Waals surface area contributed by atoms with Crippen molar-refractivity contribution in [2.24, 2.45) is 0 Å². The molecule has 0 heterocycles. The standard InChI is InChI=1S/C13H17ClO2/c1-9(2)7-13(15)10(3)16-12-6-4-5-11(14)8-12/h4-6,8,10,13,15H,1,7H2,2-3H3. The highest BCUT2D eigenvalue weighted by Gasteiger charge is 2.15. The van der Waals surface area contributed by atoms with Crippen LogP contribution in [0.25, 0.3) is 0 Å². The molecular weight excluding hydrogens is 224 g/mol. The largest absolute Gasteiger partial charge is 0.488 e. The molecule has 0 spiro atoms. The summed E-state index contributed by atoms with van der Waals surface area (Å²) >= 11 is 5.84. The lowest BCUT2D eigenvalue weighted by Gasteiger charge is -2.20. The highest BCUT2D eigenvalue weighted by Crippen LogP contribution is 2.20. The third-order valence-electron chi connectivity index (χ3n) is 2.22. The van der Waals surface area contributed by atoms with Gasteiger partial charge in [-0.05, 0) is 38.5 Å². The predicted molar refractivity (Wildman–Crippen MR) is 67.0 cm³/mol. The minimum Gasteiger partial charge on any atom is -0.488 e. The Bertz CT molecular complexity index is 363. The fraction of sp³-hybridized carbons (Fsp3) is 0.385. The maximum atomic E-state index is 9.80. The van der Waals surface area contributed by atoms with E-state index in [9.17, 15) is 5.11 Å². The zero-order valence-corrected chi connectivity index (χ0v) is 10.4. The first kappa shape index (κ1) is 13.1. The van der Waals surface area contributed by atoms with Gasteiger partial charge in [0.2, 0.25) is 0 Å². The van der Waals surface area contributed by atoms with Crippen LogP contribution in [0.4, 0.5) is 0 Å². The summed E-state index contributed by atoms with van der Waals surface area (Å²) in [5.74, 6) is 0.667. The van der Waals surface area contributed by atoms with Gasteiger partial charge in [-0.1, -0.05) is 23.2 Å². The van der Waals surface area contributed by atoms with Crippen LogP contribution in [0.3, 0.4) is 0 Å². The second-order valence-electron chi connectivity index (χ2n) is 4.01. The van der Waals surface area contributed by atoms with Gasteiger partial charge < -0.3 is 9.84 Å². The van der Waals surface area contributed by atoms with Crippen LogP contribution in [0.1, 0.15) is 20.3 Å². The third kappa shape index (κ3) is 4.25. The Balaban J connectivity index is 2.56. The van der Waals surface area contributed by atoms with E-state index in [1.165, 1.54) is 0 Å². The smallest absolute Gasteiger partial charge is 0.122 e. The summed E-state index contributed by atoms with van der Waals surface area (Å²) in [7, 11) is 0. The molecule has 1 N–H and O–H groups in total. The van der Waals surface area contributed by atoms with E-state index in [0.29, 0.717) is 17.2 Å². The average Bonchev–Trinajstić information content (AvgIpc) is 2.16. The fourth-order valence-corrected chi connectivity index (χ4v) is 1.54. The molecule has 3 heteroatoms. The van der Waals surface area contributed by atoms with E-state index < -0.39 is 6.10 Å². The number of benzene rings is 1. The molecule has 2 nitrogen and oxygen atoms in total. The minimum absolute atomic E-state index is 0.282. The lowest BCUT2D eigenvalue weighted by atomic mass is 10.1. The van der Waals surface area contributed by atoms with Gasteiger partial charge in [0.1, 0.15) is 11.9 Å². The van der Waals surface area contributed by atoms with E-state index in [1.54, 1.807) is 12.1 Å². The van der Waals surface area contributed by atoms with Crippen molar-refractivity contribution in [2.45, 2.75) is 32.5 Å². The number of hydrogen-bond donors (Lipinski definition) is 1. The van der Waals surface area contributed by atoms with E-state index in [0.717, 1.165) is 5.57 Å². The van der Waals surface area contributed by atoms with Crippen molar-refractivity contribution in [3.05, 3.63) is 41.4 Å². The minimum atomic E-state index is -0.545. The van der Waals surface area contributed by atoms with Crippen LogP contribution in [0.5, 0.6) is 5.75 Å². The van der Waals surface area contributed by atoms with Gasteiger partial charge >= 0.3 is 0 Å². The van der Waals surface area contributed by atoms with Gasteiger partial charge in [-0.25, -0.2) is 0 Å². The van der Waals surface area contributed by atoms with Gasteiger partial charge in [0, 0.05) is 5.02 Å². The fourth-order valence-electron chi connectivity index (χ4n) is 1.36. The third-order valence-corrected chi connectivity index (χ3v) is 2.45. The topological polar surface area (TPSA) is 29.5 Å². The van der Waals surface area contributed by atoms with Crippen LogP contribution in [0, 0.1) is 0 Å². The van der Waals surface area contributed by atoms with Crippen molar-refractivity contribution in [2.75, 3.05) is 0 Å². The van der Waals surface area contributed by atoms with E-state index in [2.05, 4.69) is 6.58 Å². The Morgan fingerprint density at radius 3 is 2.81 bits per heavy atom. The average molecular weight is 241 g/mol. The highest BCUT2D eigenvalue weighted by atomic mass is 35.5. The van der Waals surface area contributed by atoms with E-state index in [1.807, 2.05) is 26.0 Å². The van der Waals surface area contributed by atoms with Gasteiger partial charge in [0.05, 0.1) is 6.10 Å². The molecule has 0 amide bonds. The van der Waals surface area contributed by atoms with Gasteiger partial charge in [-0.2, -0.15) is 0 Å². The number of aliphatic hydroxyl groups excluding tert-OH is 1. The van der Waals surface area contributed by atoms with Crippen molar-refractivity contribution in [3.8, 4) is 5.75 Å². The first-order valence-electron chi connectivity index (χ1n) is 5.23. The molecule has 88 valence electrons. The number of halogens is 1. The van der Waals surface area contributed by atoms with Gasteiger partial charge in [0.15, 0.2) is 0 Å². The molecule has 0 radical (unpaired) electrons. The molecule has 0 fully saturated rings. The number of ether oxygens (including phenoxy) is 1. The summed E-state index contributed by atoms with van der Waals surface area (Å²) in [6.07, 6.45) is -0.284. The number of hydrogen-bond acceptors (Lipinski definition) is 2. The molecule has 0 aliphatic carbocycles. The van der Waals surface area contributed by atoms with Crippen molar-refractivity contribution >= 4 is 11.6 Å². The predicted octanol–water partition coefficient (Wildman–Crippen LogP) is 3.43. The Hall–Kier alpha value is -0.990. The molecule has 1 aromatic carbocycles. The SMILES string of the molecule is C=C(C)CC(O)C(C)Oc1cccc(Cl)c1. The second kappa shape index (κ2) is 5.92. The van der Waals surface area contributed by atoms with Gasteiger partial charge in [0.25, 0.3) is 0 Å². The summed E-state index contributed by atoms with van der Waals surface area (Å²) in [5.41, 5.74) is 0.939. The Morgan fingerprint density at radius 1 is 1.56 bits per heavy atom. The van der Waals surface area contributed by atoms with Crippen molar-refractivity contribution in [1.82, 2.24) is 0 Å². The summed E-state index contributed by atoms with van der Waals surface area (Å²) in [6.45, 7) is 7.47. The Kier molecular flexibility index (Phi) is 4.84. The summed E-state index contributed by atoms with van der Waals surface area (Å²) in [4.78, 5) is 0. The molecule has 2 atom stereocenters. The van der Waals surface area contributed by atoms with Crippen LogP contribution in [0.15, 0.2) is 36.4 Å². The van der Waals surface area contributed by atoms with Gasteiger partial charge in [-0.3, -0.25) is 0 Å². The highest BCUT2D eigenvalue weighted by molar-refractivity contribution is 6.30. The number of aliphatic hydroxyl groups is 1. The zero-order chi connectivity index (χ0) is 12.1. The van der Waals surface area contributed by atoms with E-state index in [4.69, 9.17) is 16.3 Å². The molecule has 0 bridgehead atoms. The molecule has 0 aliphatic rings. The number of rotatable bonds is 5. The molecule has 0 aliphatic heterocycles. The van der Waals surface area contributed by atoms with Crippen LogP contribution in [-0.2, 0) is 0 Å².